The predicted molar refractivity (Wildman–Crippen MR) is 80.7 cm³/mol. The van der Waals surface area contributed by atoms with Gasteiger partial charge in [0.15, 0.2) is 0 Å². The second-order valence-corrected chi connectivity index (χ2v) is 5.26. The van der Waals surface area contributed by atoms with E-state index in [0.29, 0.717) is 10.7 Å². The molecule has 0 bridgehead atoms. The van der Waals surface area contributed by atoms with Gasteiger partial charge in [-0.25, -0.2) is 9.37 Å². The zero-order chi connectivity index (χ0) is 14.0. The van der Waals surface area contributed by atoms with Crippen LogP contribution in [0.2, 0.25) is 5.02 Å². The summed E-state index contributed by atoms with van der Waals surface area (Å²) in [5.41, 5.74) is 6.10. The highest BCUT2D eigenvalue weighted by molar-refractivity contribution is 14.1. The maximum absolute atomic E-state index is 13.1. The smallest absolute Gasteiger partial charge is 0.259 e. The molecule has 1 aromatic heterocycles. The molecule has 19 heavy (non-hydrogen) atoms. The molecule has 0 spiro atoms. The van der Waals surface area contributed by atoms with Crippen molar-refractivity contribution in [1.29, 1.82) is 0 Å². The van der Waals surface area contributed by atoms with Gasteiger partial charge in [0, 0.05) is 8.59 Å². The molecule has 0 aliphatic heterocycles. The van der Waals surface area contributed by atoms with E-state index in [0.717, 1.165) is 15.8 Å². The van der Waals surface area contributed by atoms with E-state index in [1.165, 1.54) is 0 Å². The van der Waals surface area contributed by atoms with Gasteiger partial charge in [0.2, 0.25) is 0 Å². The van der Waals surface area contributed by atoms with Crippen molar-refractivity contribution in [3.63, 3.8) is 0 Å². The molecule has 3 N–H and O–H groups in total. The quantitative estimate of drug-likeness (QED) is 0.772. The average Bonchev–Trinajstić information content (AvgIpc) is 2.35. The third kappa shape index (κ3) is 3.32. The van der Waals surface area contributed by atoms with Gasteiger partial charge in [-0.1, -0.05) is 11.6 Å². The third-order valence-electron chi connectivity index (χ3n) is 2.31. The highest BCUT2D eigenvalue weighted by Crippen LogP contribution is 2.23. The predicted octanol–water partition coefficient (Wildman–Crippen LogP) is 3.31. The van der Waals surface area contributed by atoms with Crippen molar-refractivity contribution in [3.05, 3.63) is 50.4 Å². The van der Waals surface area contributed by atoms with E-state index in [2.05, 4.69) is 10.3 Å². The highest BCUT2D eigenvalue weighted by Gasteiger charge is 2.13. The van der Waals surface area contributed by atoms with Gasteiger partial charge in [0.1, 0.15) is 11.6 Å². The summed E-state index contributed by atoms with van der Waals surface area (Å²) in [5, 5.41) is 3.19. The molecule has 4 nitrogen and oxygen atoms in total. The van der Waals surface area contributed by atoms with Gasteiger partial charge in [-0.15, -0.1) is 0 Å². The molecule has 0 atom stereocenters. The summed E-state index contributed by atoms with van der Waals surface area (Å²) in [6.45, 7) is 0. The van der Waals surface area contributed by atoms with E-state index in [1.54, 1.807) is 18.2 Å². The summed E-state index contributed by atoms with van der Waals surface area (Å²) in [5.74, 6) is -1.17. The lowest BCUT2D eigenvalue weighted by Crippen LogP contribution is -2.16. The number of hydrogen-bond donors (Lipinski definition) is 2. The Balaban J connectivity index is 2.28. The summed E-state index contributed by atoms with van der Waals surface area (Å²) in [6.07, 6.45) is 0.957. The number of nitrogens with two attached hydrogens (primary N) is 1. The molecule has 1 amide bonds. The average molecular weight is 392 g/mol. The number of carbonyl (C=O) groups is 1. The number of nitrogens with one attached hydrogen (secondary N) is 1. The van der Waals surface area contributed by atoms with E-state index < -0.39 is 11.7 Å². The number of amides is 1. The Bertz CT molecular complexity index is 651. The SMILES string of the molecule is Nc1ncc(F)cc1C(=O)Nc1ccc(Cl)cc1I. The van der Waals surface area contributed by atoms with E-state index >= 15 is 0 Å². The van der Waals surface area contributed by atoms with Crippen LogP contribution in [0.15, 0.2) is 30.5 Å². The number of nitrogen functional groups attached to an aromatic ring is 1. The molecule has 0 saturated carbocycles. The number of hydrogen-bond acceptors (Lipinski definition) is 3. The summed E-state index contributed by atoms with van der Waals surface area (Å²) in [6, 6.07) is 6.04. The maximum Gasteiger partial charge on any atom is 0.259 e. The number of halogens is 3. The van der Waals surface area contributed by atoms with Crippen LogP contribution >= 0.6 is 34.2 Å². The van der Waals surface area contributed by atoms with Crippen LogP contribution in [0.25, 0.3) is 0 Å². The van der Waals surface area contributed by atoms with Crippen molar-refractivity contribution in [1.82, 2.24) is 4.98 Å². The van der Waals surface area contributed by atoms with E-state index in [1.807, 2.05) is 22.6 Å². The van der Waals surface area contributed by atoms with Gasteiger partial charge in [0.05, 0.1) is 17.4 Å². The lowest BCUT2D eigenvalue weighted by atomic mass is 10.2. The molecule has 1 aromatic carbocycles. The van der Waals surface area contributed by atoms with Crippen LogP contribution in [0.5, 0.6) is 0 Å². The number of benzene rings is 1. The van der Waals surface area contributed by atoms with Crippen LogP contribution in [0.4, 0.5) is 15.9 Å². The molecule has 2 rings (SSSR count). The summed E-state index contributed by atoms with van der Waals surface area (Å²) in [4.78, 5) is 15.6. The third-order valence-corrected chi connectivity index (χ3v) is 3.44. The molecule has 0 radical (unpaired) electrons. The van der Waals surface area contributed by atoms with Gasteiger partial charge in [-0.05, 0) is 46.9 Å². The van der Waals surface area contributed by atoms with Crippen molar-refractivity contribution in [2.75, 3.05) is 11.1 Å². The van der Waals surface area contributed by atoms with Gasteiger partial charge >= 0.3 is 0 Å². The van der Waals surface area contributed by atoms with Crippen LogP contribution in [0.1, 0.15) is 10.4 Å². The van der Waals surface area contributed by atoms with Crippen LogP contribution in [0.3, 0.4) is 0 Å². The Hall–Kier alpha value is -1.41. The topological polar surface area (TPSA) is 68.0 Å². The maximum atomic E-state index is 13.1. The first-order chi connectivity index (χ1) is 8.97. The van der Waals surface area contributed by atoms with Crippen molar-refractivity contribution < 1.29 is 9.18 Å². The summed E-state index contributed by atoms with van der Waals surface area (Å²) in [7, 11) is 0. The minimum absolute atomic E-state index is 0.00856. The van der Waals surface area contributed by atoms with Gasteiger partial charge in [-0.2, -0.15) is 0 Å². The fourth-order valence-corrected chi connectivity index (χ4v) is 2.42. The Labute approximate surface area is 127 Å². The fourth-order valence-electron chi connectivity index (χ4n) is 1.41. The first-order valence-electron chi connectivity index (χ1n) is 5.15. The Morgan fingerprint density at radius 3 is 2.84 bits per heavy atom. The van der Waals surface area contributed by atoms with Gasteiger partial charge in [-0.3, -0.25) is 4.79 Å². The van der Waals surface area contributed by atoms with Crippen LogP contribution in [-0.2, 0) is 0 Å². The second kappa shape index (κ2) is 5.70. The number of rotatable bonds is 2. The van der Waals surface area contributed by atoms with Crippen molar-refractivity contribution in [2.24, 2.45) is 0 Å². The number of anilines is 2. The van der Waals surface area contributed by atoms with Gasteiger partial charge < -0.3 is 11.1 Å². The molecule has 7 heteroatoms. The summed E-state index contributed by atoms with van der Waals surface area (Å²) >= 11 is 7.85. The first-order valence-corrected chi connectivity index (χ1v) is 6.60. The lowest BCUT2D eigenvalue weighted by Gasteiger charge is -2.09. The highest BCUT2D eigenvalue weighted by atomic mass is 127. The first kappa shape index (κ1) is 14.0. The van der Waals surface area contributed by atoms with Crippen molar-refractivity contribution in [2.45, 2.75) is 0 Å². The molecule has 0 aliphatic rings. The molecule has 2 aromatic rings. The monoisotopic (exact) mass is 391 g/mol. The number of pyridine rings is 1. The molecular formula is C12H8ClFIN3O. The van der Waals surface area contributed by atoms with E-state index in [-0.39, 0.29) is 11.4 Å². The summed E-state index contributed by atoms with van der Waals surface area (Å²) < 4.78 is 13.8. The zero-order valence-corrected chi connectivity index (χ0v) is 12.4. The van der Waals surface area contributed by atoms with Crippen LogP contribution in [-0.4, -0.2) is 10.9 Å². The molecule has 0 aliphatic carbocycles. The van der Waals surface area contributed by atoms with E-state index in [9.17, 15) is 9.18 Å². The number of aromatic nitrogens is 1. The number of carbonyl (C=O) groups excluding carboxylic acids is 1. The largest absolute Gasteiger partial charge is 0.383 e. The fraction of sp³-hybridized carbons (Fsp3) is 0. The molecule has 0 fully saturated rings. The van der Waals surface area contributed by atoms with Crippen molar-refractivity contribution in [3.8, 4) is 0 Å². The Kier molecular flexibility index (Phi) is 4.20. The minimum atomic E-state index is -0.620. The Morgan fingerprint density at radius 1 is 1.42 bits per heavy atom. The molecule has 1 heterocycles. The minimum Gasteiger partial charge on any atom is -0.383 e. The Morgan fingerprint density at radius 2 is 2.16 bits per heavy atom. The van der Waals surface area contributed by atoms with Crippen LogP contribution < -0.4 is 11.1 Å². The lowest BCUT2D eigenvalue weighted by molar-refractivity contribution is 0.102. The zero-order valence-electron chi connectivity index (χ0n) is 9.45. The molecule has 0 unspecified atom stereocenters. The second-order valence-electron chi connectivity index (χ2n) is 3.66. The van der Waals surface area contributed by atoms with Crippen LogP contribution in [0, 0.1) is 9.39 Å². The standard InChI is InChI=1S/C12H8ClFIN3O/c13-6-1-2-10(9(15)3-6)18-12(19)8-4-7(14)5-17-11(8)16/h1-5H,(H2,16,17)(H,18,19). The molecule has 98 valence electrons. The molecular weight excluding hydrogens is 384 g/mol. The van der Waals surface area contributed by atoms with Gasteiger partial charge in [0.25, 0.3) is 5.91 Å². The van der Waals surface area contributed by atoms with Crippen molar-refractivity contribution >= 4 is 51.6 Å². The number of nitrogens with zero attached hydrogens (tertiary/aromatic N) is 1. The van der Waals surface area contributed by atoms with E-state index in [4.69, 9.17) is 17.3 Å². The molecule has 0 saturated heterocycles. The normalized spacial score (nSPS) is 10.3.